The molecule has 6 aliphatic heterocycles. The van der Waals surface area contributed by atoms with Crippen molar-refractivity contribution in [2.75, 3.05) is 39.6 Å². The number of aliphatic hydroxyl groups is 16. The molecule has 76 heavy (non-hydrogen) atoms. The van der Waals surface area contributed by atoms with E-state index < -0.39 is 241 Å². The second-order valence-corrected chi connectivity index (χ2v) is 19.3. The molecule has 6 fully saturated rings. The minimum Gasteiger partial charge on any atom is -0.394 e. The summed E-state index contributed by atoms with van der Waals surface area (Å²) < 4.78 is 63.8. The second-order valence-electron chi connectivity index (χ2n) is 19.3. The number of rotatable bonds is 19. The molecular weight excluding hydrogens is 1040 g/mol. The van der Waals surface area contributed by atoms with Crippen LogP contribution in [0.2, 0.25) is 0 Å². The van der Waals surface area contributed by atoms with Crippen molar-refractivity contribution < 1.29 is 148 Å². The largest absolute Gasteiger partial charge is 0.394 e. The van der Waals surface area contributed by atoms with E-state index in [0.717, 1.165) is 13.8 Å². The van der Waals surface area contributed by atoms with Gasteiger partial charge in [0.2, 0.25) is 17.7 Å². The molecule has 0 aliphatic carbocycles. The Bertz CT molecular complexity index is 1870. The SMILES string of the molecule is CC(=O)NC1[C@H](O[C@@H]2C(O)[C@H](O[C@@H]3C(CO)O[C@@H](O[C@@H]4C(O)[C@@H](O[C@@H]5C(NC(C)=O)C(C)OC(CO)[C@@H]5O)OC(CO)[C@@H]4O)C(NC(C)=O)[C@H]3O)OC(CO)[C@@H]2O)OC(CO)[C@@H](O[C@@H]2OC(CO)[C@H](O)[C@H](O)C2O)[C@@H]1O. The van der Waals surface area contributed by atoms with E-state index in [2.05, 4.69) is 16.0 Å². The van der Waals surface area contributed by atoms with Gasteiger partial charge >= 0.3 is 0 Å². The van der Waals surface area contributed by atoms with Gasteiger partial charge in [-0.05, 0) is 6.92 Å². The Hall–Kier alpha value is -2.67. The van der Waals surface area contributed by atoms with Crippen molar-refractivity contribution in [1.82, 2.24) is 16.0 Å². The van der Waals surface area contributed by atoms with Gasteiger partial charge < -0.3 is 150 Å². The number of aliphatic hydroxyl groups excluding tert-OH is 16. The Morgan fingerprint density at radius 1 is 0.329 bits per heavy atom. The summed E-state index contributed by atoms with van der Waals surface area (Å²) in [6.45, 7) is -0.843. The third-order valence-electron chi connectivity index (χ3n) is 13.9. The van der Waals surface area contributed by atoms with Crippen LogP contribution in [0.1, 0.15) is 27.7 Å². The lowest BCUT2D eigenvalue weighted by Crippen LogP contribution is -2.71. The third kappa shape index (κ3) is 13.6. The fourth-order valence-corrected chi connectivity index (χ4v) is 9.97. The molecule has 0 aromatic rings. The lowest BCUT2D eigenvalue weighted by Gasteiger charge is -2.51. The van der Waals surface area contributed by atoms with Crippen molar-refractivity contribution in [3.05, 3.63) is 0 Å². The van der Waals surface area contributed by atoms with Crippen LogP contribution >= 0.6 is 0 Å². The van der Waals surface area contributed by atoms with Crippen LogP contribution in [0.3, 0.4) is 0 Å². The van der Waals surface area contributed by atoms with Gasteiger partial charge in [-0.3, -0.25) is 14.4 Å². The van der Waals surface area contributed by atoms with Crippen molar-refractivity contribution >= 4 is 17.7 Å². The van der Waals surface area contributed by atoms with E-state index in [-0.39, 0.29) is 0 Å². The van der Waals surface area contributed by atoms with E-state index in [1.165, 1.54) is 13.8 Å². The zero-order valence-corrected chi connectivity index (χ0v) is 41.4. The molecule has 3 amide bonds. The van der Waals surface area contributed by atoms with Crippen molar-refractivity contribution in [1.29, 1.82) is 0 Å². The van der Waals surface area contributed by atoms with Crippen molar-refractivity contribution in [2.45, 2.75) is 212 Å². The summed E-state index contributed by atoms with van der Waals surface area (Å²) in [4.78, 5) is 37.3. The molecule has 33 heteroatoms. The van der Waals surface area contributed by atoms with Gasteiger partial charge in [0.05, 0.1) is 51.8 Å². The zero-order valence-electron chi connectivity index (χ0n) is 41.4. The predicted octanol–water partition coefficient (Wildman–Crippen LogP) is -12.6. The van der Waals surface area contributed by atoms with E-state index in [4.69, 9.17) is 52.1 Å². The molecule has 13 unspecified atom stereocenters. The first-order valence-corrected chi connectivity index (χ1v) is 24.4. The maximum atomic E-state index is 12.7. The number of carbonyl (C=O) groups is 3. The molecule has 0 bridgehead atoms. The van der Waals surface area contributed by atoms with Crippen LogP contribution in [-0.4, -0.2) is 323 Å². The van der Waals surface area contributed by atoms with Crippen molar-refractivity contribution in [3.63, 3.8) is 0 Å². The summed E-state index contributed by atoms with van der Waals surface area (Å²) in [7, 11) is 0. The molecule has 0 spiro atoms. The highest BCUT2D eigenvalue weighted by Gasteiger charge is 2.58. The van der Waals surface area contributed by atoms with Gasteiger partial charge in [-0.1, -0.05) is 0 Å². The van der Waals surface area contributed by atoms with Crippen LogP contribution in [0, 0.1) is 0 Å². The summed E-state index contributed by atoms with van der Waals surface area (Å²) in [5.41, 5.74) is 0. The number of carbonyl (C=O) groups excluding carboxylic acids is 3. The van der Waals surface area contributed by atoms with E-state index in [9.17, 15) is 96.1 Å². The Kier molecular flexibility index (Phi) is 22.4. The summed E-state index contributed by atoms with van der Waals surface area (Å²) in [6.07, 6.45) is -48.7. The predicted molar refractivity (Wildman–Crippen MR) is 237 cm³/mol. The van der Waals surface area contributed by atoms with Gasteiger partial charge in [0.1, 0.15) is 140 Å². The Morgan fingerprint density at radius 3 is 0.987 bits per heavy atom. The molecule has 6 heterocycles. The van der Waals surface area contributed by atoms with Gasteiger partial charge in [0.25, 0.3) is 0 Å². The van der Waals surface area contributed by atoms with Crippen LogP contribution in [0.25, 0.3) is 0 Å². The second kappa shape index (κ2) is 27.2. The molecule has 6 rings (SSSR count). The summed E-state index contributed by atoms with van der Waals surface area (Å²) >= 11 is 0. The molecule has 0 radical (unpaired) electrons. The van der Waals surface area contributed by atoms with Gasteiger partial charge in [-0.15, -0.1) is 0 Å². The fourth-order valence-electron chi connectivity index (χ4n) is 9.97. The molecular formula is C43H73N3O30. The first-order chi connectivity index (χ1) is 35.9. The zero-order chi connectivity index (χ0) is 56.2. The number of hydrogen-bond donors (Lipinski definition) is 19. The van der Waals surface area contributed by atoms with E-state index >= 15 is 0 Å². The fraction of sp³-hybridized carbons (Fsp3) is 0.930. The van der Waals surface area contributed by atoms with E-state index in [0.29, 0.717) is 0 Å². The molecule has 6 saturated heterocycles. The highest BCUT2D eigenvalue weighted by atomic mass is 16.8. The van der Waals surface area contributed by atoms with Crippen LogP contribution in [-0.2, 0) is 66.5 Å². The first-order valence-electron chi connectivity index (χ1n) is 24.4. The monoisotopic (exact) mass is 1110 g/mol. The Balaban J connectivity index is 1.21. The molecule has 0 saturated carbocycles. The number of ether oxygens (including phenoxy) is 11. The average Bonchev–Trinajstić information content (AvgIpc) is 3.38. The molecule has 440 valence electrons. The normalized spacial score (nSPS) is 48.2. The van der Waals surface area contributed by atoms with Crippen LogP contribution in [0.4, 0.5) is 0 Å². The number of amides is 3. The molecule has 33 nitrogen and oxygen atoms in total. The van der Waals surface area contributed by atoms with Crippen molar-refractivity contribution in [2.24, 2.45) is 0 Å². The van der Waals surface area contributed by atoms with Gasteiger partial charge in [-0.25, -0.2) is 0 Å². The maximum absolute atomic E-state index is 12.7. The van der Waals surface area contributed by atoms with Crippen molar-refractivity contribution in [3.8, 4) is 0 Å². The average molecular weight is 1110 g/mol. The summed E-state index contributed by atoms with van der Waals surface area (Å²) in [6, 6.07) is -4.62. The molecule has 30 atom stereocenters. The first kappa shape index (κ1) is 62.5. The standard InChI is InChI=1S/C43H73N3O30/c1-11-21(44-12(2)53)36(25(57)16(6-48)66-11)74-43-33(65)38(27(59)18(8-50)69-43)76-40-23(46-14(4)55)29(61)35(20(10-52)71-40)73-42-32(64)37(26(58)17(7-49)68-42)75-39-22(45-13(3)54)28(60)34(19(9-51)70-39)72-41-31(63)30(62)24(56)15(5-47)67-41/h11,15-43,47-52,56-65H,5-10H2,1-4H3,(H,44,53)(H,45,54)(H,46,55)/t11?,15?,16?,17?,18?,19?,20?,21?,22?,23?,24-,25-,26-,27-,28+,29+,30-,31?,32?,33?,34+,35+,36+,37-,38-,39-,40-,41-,42-,43+/m0/s1. The van der Waals surface area contributed by atoms with Crippen LogP contribution in [0.15, 0.2) is 0 Å². The van der Waals surface area contributed by atoms with Gasteiger partial charge in [0, 0.05) is 20.8 Å². The van der Waals surface area contributed by atoms with E-state index in [1.54, 1.807) is 0 Å². The lowest BCUT2D eigenvalue weighted by atomic mass is 9.92. The Morgan fingerprint density at radius 2 is 0.618 bits per heavy atom. The lowest BCUT2D eigenvalue weighted by molar-refractivity contribution is -0.384. The van der Waals surface area contributed by atoms with E-state index in [1.807, 2.05) is 0 Å². The maximum Gasteiger partial charge on any atom is 0.217 e. The molecule has 0 aromatic heterocycles. The molecule has 19 N–H and O–H groups in total. The minimum absolute atomic E-state index is 0.579. The molecule has 6 aliphatic rings. The highest BCUT2D eigenvalue weighted by molar-refractivity contribution is 5.74. The topological polar surface area (TPSA) is 513 Å². The molecule has 0 aromatic carbocycles. The van der Waals surface area contributed by atoms with Crippen LogP contribution in [0.5, 0.6) is 0 Å². The van der Waals surface area contributed by atoms with Gasteiger partial charge in [0.15, 0.2) is 31.5 Å². The number of nitrogens with one attached hydrogen (secondary N) is 3. The quantitative estimate of drug-likeness (QED) is 0.0571. The summed E-state index contributed by atoms with van der Waals surface area (Å²) in [5.74, 6) is -2.24. The van der Waals surface area contributed by atoms with Gasteiger partial charge in [-0.2, -0.15) is 0 Å². The van der Waals surface area contributed by atoms with Crippen LogP contribution < -0.4 is 16.0 Å². The third-order valence-corrected chi connectivity index (χ3v) is 13.9. The highest BCUT2D eigenvalue weighted by Crippen LogP contribution is 2.37. The minimum atomic E-state index is -2.21. The Labute approximate surface area is 432 Å². The smallest absolute Gasteiger partial charge is 0.217 e. The summed E-state index contributed by atoms with van der Waals surface area (Å²) in [5, 5.41) is 180. The number of hydrogen-bond acceptors (Lipinski definition) is 30.